The first-order valence-electron chi connectivity index (χ1n) is 5.49. The molecule has 0 bridgehead atoms. The van der Waals surface area contributed by atoms with E-state index in [9.17, 15) is 4.79 Å². The predicted octanol–water partition coefficient (Wildman–Crippen LogP) is 1.17. The van der Waals surface area contributed by atoms with Crippen LogP contribution in [0.4, 0.5) is 0 Å². The molecule has 0 rings (SSSR count). The van der Waals surface area contributed by atoms with Crippen molar-refractivity contribution >= 4 is 5.91 Å². The third-order valence-corrected chi connectivity index (χ3v) is 2.74. The smallest absolute Gasteiger partial charge is 0.237 e. The lowest BCUT2D eigenvalue weighted by Gasteiger charge is -2.21. The summed E-state index contributed by atoms with van der Waals surface area (Å²) >= 11 is 0. The quantitative estimate of drug-likeness (QED) is 0.692. The van der Waals surface area contributed by atoms with E-state index < -0.39 is 6.04 Å². The van der Waals surface area contributed by atoms with Crippen molar-refractivity contribution in [3.8, 4) is 6.07 Å². The molecule has 0 radical (unpaired) electrons. The number of carbonyl (C=O) groups is 1. The Balaban J connectivity index is 4.16. The molecule has 0 aromatic carbocycles. The molecule has 4 nitrogen and oxygen atoms in total. The Kier molecular flexibility index (Phi) is 6.72. The molecule has 0 aliphatic carbocycles. The van der Waals surface area contributed by atoms with E-state index in [0.29, 0.717) is 6.42 Å². The van der Waals surface area contributed by atoms with Crippen molar-refractivity contribution in [2.45, 2.75) is 52.1 Å². The average Bonchev–Trinajstić information content (AvgIpc) is 2.26. The molecule has 3 atom stereocenters. The summed E-state index contributed by atoms with van der Waals surface area (Å²) in [5.41, 5.74) is 5.78. The SMILES string of the molecule is CCC(CC#N)NC(=O)[C@@H](N)[C@@H](C)CC. The highest BCUT2D eigenvalue weighted by Crippen LogP contribution is 2.06. The van der Waals surface area contributed by atoms with E-state index in [4.69, 9.17) is 11.0 Å². The number of carbonyl (C=O) groups excluding carboxylic acids is 1. The lowest BCUT2D eigenvalue weighted by Crippen LogP contribution is -2.48. The highest BCUT2D eigenvalue weighted by Gasteiger charge is 2.21. The summed E-state index contributed by atoms with van der Waals surface area (Å²) in [5.74, 6) is 0.0241. The molecule has 0 aromatic heterocycles. The van der Waals surface area contributed by atoms with Crippen LogP contribution in [0.25, 0.3) is 0 Å². The Morgan fingerprint density at radius 3 is 2.47 bits per heavy atom. The van der Waals surface area contributed by atoms with Crippen LogP contribution in [0.15, 0.2) is 0 Å². The first-order chi connectivity index (χ1) is 7.06. The summed E-state index contributed by atoms with van der Waals surface area (Å²) in [4.78, 5) is 11.6. The van der Waals surface area contributed by atoms with Crippen LogP contribution in [0.5, 0.6) is 0 Å². The van der Waals surface area contributed by atoms with Gasteiger partial charge in [0.15, 0.2) is 0 Å². The zero-order chi connectivity index (χ0) is 11.8. The standard InChI is InChI=1S/C11H21N3O/c1-4-8(3)10(13)11(15)14-9(5-2)6-7-12/h8-10H,4-6,13H2,1-3H3,(H,14,15)/t8-,9?,10-/m0/s1. The third-order valence-electron chi connectivity index (χ3n) is 2.74. The van der Waals surface area contributed by atoms with Crippen molar-refractivity contribution in [3.05, 3.63) is 0 Å². The summed E-state index contributed by atoms with van der Waals surface area (Å²) < 4.78 is 0. The number of rotatable bonds is 6. The summed E-state index contributed by atoms with van der Waals surface area (Å²) in [6, 6.07) is 1.51. The maximum absolute atomic E-state index is 11.6. The summed E-state index contributed by atoms with van der Waals surface area (Å²) in [7, 11) is 0. The monoisotopic (exact) mass is 211 g/mol. The number of hydrogen-bond acceptors (Lipinski definition) is 3. The molecule has 0 saturated carbocycles. The van der Waals surface area contributed by atoms with Crippen LogP contribution in [0, 0.1) is 17.2 Å². The van der Waals surface area contributed by atoms with Gasteiger partial charge in [-0.25, -0.2) is 0 Å². The van der Waals surface area contributed by atoms with Crippen LogP contribution in [-0.4, -0.2) is 18.0 Å². The van der Waals surface area contributed by atoms with Crippen molar-refractivity contribution in [2.75, 3.05) is 0 Å². The van der Waals surface area contributed by atoms with Crippen molar-refractivity contribution in [1.82, 2.24) is 5.32 Å². The molecular weight excluding hydrogens is 190 g/mol. The number of nitrogens with zero attached hydrogens (tertiary/aromatic N) is 1. The Labute approximate surface area is 91.8 Å². The minimum absolute atomic E-state index is 0.0717. The van der Waals surface area contributed by atoms with Gasteiger partial charge in [0.1, 0.15) is 0 Å². The van der Waals surface area contributed by atoms with Gasteiger partial charge in [0.2, 0.25) is 5.91 Å². The molecule has 3 N–H and O–H groups in total. The maximum Gasteiger partial charge on any atom is 0.237 e. The van der Waals surface area contributed by atoms with Gasteiger partial charge in [0.25, 0.3) is 0 Å². The molecule has 1 unspecified atom stereocenters. The number of nitrogens with one attached hydrogen (secondary N) is 1. The second-order valence-electron chi connectivity index (χ2n) is 3.89. The first kappa shape index (κ1) is 13.9. The first-order valence-corrected chi connectivity index (χ1v) is 5.49. The normalized spacial score (nSPS) is 16.2. The molecule has 4 heteroatoms. The summed E-state index contributed by atoms with van der Waals surface area (Å²) in [6.07, 6.45) is 1.98. The molecule has 0 spiro atoms. The number of hydrogen-bond donors (Lipinski definition) is 2. The van der Waals surface area contributed by atoms with E-state index in [0.717, 1.165) is 12.8 Å². The van der Waals surface area contributed by atoms with Gasteiger partial charge >= 0.3 is 0 Å². The van der Waals surface area contributed by atoms with Crippen LogP contribution < -0.4 is 11.1 Å². The topological polar surface area (TPSA) is 78.9 Å². The number of nitriles is 1. The number of nitrogens with two attached hydrogens (primary N) is 1. The van der Waals surface area contributed by atoms with Crippen molar-refractivity contribution < 1.29 is 4.79 Å². The van der Waals surface area contributed by atoms with Crippen molar-refractivity contribution in [1.29, 1.82) is 5.26 Å². The molecule has 1 amide bonds. The lowest BCUT2D eigenvalue weighted by molar-refractivity contribution is -0.124. The molecule has 0 aromatic rings. The Bertz CT molecular complexity index is 234. The van der Waals surface area contributed by atoms with Gasteiger partial charge in [0, 0.05) is 6.04 Å². The fourth-order valence-corrected chi connectivity index (χ4v) is 1.22. The van der Waals surface area contributed by atoms with Crippen molar-refractivity contribution in [3.63, 3.8) is 0 Å². The lowest BCUT2D eigenvalue weighted by atomic mass is 9.99. The van der Waals surface area contributed by atoms with Crippen LogP contribution >= 0.6 is 0 Å². The second-order valence-corrected chi connectivity index (χ2v) is 3.89. The van der Waals surface area contributed by atoms with E-state index in [-0.39, 0.29) is 17.9 Å². The van der Waals surface area contributed by atoms with Crippen LogP contribution in [0.1, 0.15) is 40.0 Å². The van der Waals surface area contributed by atoms with Gasteiger partial charge in [0.05, 0.1) is 18.5 Å². The van der Waals surface area contributed by atoms with E-state index >= 15 is 0 Å². The number of amides is 1. The maximum atomic E-state index is 11.6. The van der Waals surface area contributed by atoms with Crippen molar-refractivity contribution in [2.24, 2.45) is 11.7 Å². The Morgan fingerprint density at radius 2 is 2.07 bits per heavy atom. The van der Waals surface area contributed by atoms with Gasteiger partial charge in [-0.3, -0.25) is 4.79 Å². The Hall–Kier alpha value is -1.08. The molecule has 0 saturated heterocycles. The zero-order valence-corrected chi connectivity index (χ0v) is 9.79. The minimum Gasteiger partial charge on any atom is -0.351 e. The van der Waals surface area contributed by atoms with Crippen LogP contribution in [0.3, 0.4) is 0 Å². The fraction of sp³-hybridized carbons (Fsp3) is 0.818. The largest absolute Gasteiger partial charge is 0.351 e. The van der Waals surface area contributed by atoms with E-state index in [1.807, 2.05) is 20.8 Å². The average molecular weight is 211 g/mol. The Morgan fingerprint density at radius 1 is 1.47 bits per heavy atom. The van der Waals surface area contributed by atoms with Gasteiger partial charge in [-0.15, -0.1) is 0 Å². The van der Waals surface area contributed by atoms with E-state index in [2.05, 4.69) is 11.4 Å². The van der Waals surface area contributed by atoms with Crippen LogP contribution in [-0.2, 0) is 4.79 Å². The van der Waals surface area contributed by atoms with E-state index in [1.54, 1.807) is 0 Å². The van der Waals surface area contributed by atoms with Gasteiger partial charge in [-0.1, -0.05) is 27.2 Å². The molecule has 86 valence electrons. The molecule has 0 heterocycles. The summed E-state index contributed by atoms with van der Waals surface area (Å²) in [5, 5.41) is 11.3. The molecule has 0 fully saturated rings. The summed E-state index contributed by atoms with van der Waals surface area (Å²) in [6.45, 7) is 5.90. The van der Waals surface area contributed by atoms with Gasteiger partial charge in [-0.2, -0.15) is 5.26 Å². The van der Waals surface area contributed by atoms with Gasteiger partial charge in [-0.05, 0) is 12.3 Å². The van der Waals surface area contributed by atoms with E-state index in [1.165, 1.54) is 0 Å². The second kappa shape index (κ2) is 7.24. The fourth-order valence-electron chi connectivity index (χ4n) is 1.22. The molecular formula is C11H21N3O. The highest BCUT2D eigenvalue weighted by atomic mass is 16.2. The third kappa shape index (κ3) is 4.80. The zero-order valence-electron chi connectivity index (χ0n) is 9.79. The molecule has 15 heavy (non-hydrogen) atoms. The molecule has 0 aliphatic rings. The minimum atomic E-state index is -0.470. The van der Waals surface area contributed by atoms with Gasteiger partial charge < -0.3 is 11.1 Å². The highest BCUT2D eigenvalue weighted by molar-refractivity contribution is 5.82. The molecule has 0 aliphatic heterocycles. The van der Waals surface area contributed by atoms with Crippen LogP contribution in [0.2, 0.25) is 0 Å². The predicted molar refractivity (Wildman–Crippen MR) is 59.9 cm³/mol.